The van der Waals surface area contributed by atoms with Gasteiger partial charge in [0.1, 0.15) is 16.9 Å². The van der Waals surface area contributed by atoms with Crippen molar-refractivity contribution in [2.45, 2.75) is 19.5 Å². The zero-order valence-electron chi connectivity index (χ0n) is 14.8. The molecule has 3 rings (SSSR count). The predicted molar refractivity (Wildman–Crippen MR) is 97.7 cm³/mol. The van der Waals surface area contributed by atoms with E-state index in [1.165, 1.54) is 18.2 Å². The van der Waals surface area contributed by atoms with Gasteiger partial charge in [-0.2, -0.15) is 13.2 Å². The fraction of sp³-hybridized carbons (Fsp3) is 0.200. The Morgan fingerprint density at radius 2 is 1.93 bits per heavy atom. The zero-order valence-corrected chi connectivity index (χ0v) is 14.8. The Morgan fingerprint density at radius 1 is 1.14 bits per heavy atom. The Kier molecular flexibility index (Phi) is 5.39. The SMILES string of the molecule is CCCOc1ccc2cc(C(=O)Nc3cccc(C(F)(F)F)c3)c(=O)oc2c1. The van der Waals surface area contributed by atoms with Crippen molar-refractivity contribution in [1.29, 1.82) is 0 Å². The van der Waals surface area contributed by atoms with Crippen molar-refractivity contribution in [2.24, 2.45) is 0 Å². The molecule has 28 heavy (non-hydrogen) atoms. The average molecular weight is 391 g/mol. The van der Waals surface area contributed by atoms with Crippen LogP contribution < -0.4 is 15.7 Å². The first-order valence-electron chi connectivity index (χ1n) is 8.47. The van der Waals surface area contributed by atoms with Crippen LogP contribution in [0.15, 0.2) is 57.7 Å². The highest BCUT2D eigenvalue weighted by Crippen LogP contribution is 2.30. The van der Waals surface area contributed by atoms with Gasteiger partial charge in [0.05, 0.1) is 12.2 Å². The average Bonchev–Trinajstić information content (AvgIpc) is 2.65. The number of anilines is 1. The Balaban J connectivity index is 1.88. The van der Waals surface area contributed by atoms with Crippen LogP contribution in [0, 0.1) is 0 Å². The second kappa shape index (κ2) is 7.75. The van der Waals surface area contributed by atoms with Gasteiger partial charge in [0.2, 0.25) is 0 Å². The van der Waals surface area contributed by atoms with Gasteiger partial charge in [-0.05, 0) is 42.8 Å². The van der Waals surface area contributed by atoms with E-state index in [-0.39, 0.29) is 16.8 Å². The maximum atomic E-state index is 12.8. The van der Waals surface area contributed by atoms with Gasteiger partial charge in [0.15, 0.2) is 0 Å². The summed E-state index contributed by atoms with van der Waals surface area (Å²) in [4.78, 5) is 24.5. The first-order chi connectivity index (χ1) is 13.3. The summed E-state index contributed by atoms with van der Waals surface area (Å²) in [6.45, 7) is 2.46. The molecule has 0 radical (unpaired) electrons. The fourth-order valence-corrected chi connectivity index (χ4v) is 2.53. The Hall–Kier alpha value is -3.29. The molecule has 2 aromatic carbocycles. The molecule has 0 aliphatic rings. The topological polar surface area (TPSA) is 68.5 Å². The number of carbonyl (C=O) groups is 1. The van der Waals surface area contributed by atoms with Crippen LogP contribution in [0.4, 0.5) is 18.9 Å². The van der Waals surface area contributed by atoms with Crippen LogP contribution in [0.2, 0.25) is 0 Å². The molecule has 0 aliphatic heterocycles. The van der Waals surface area contributed by atoms with Gasteiger partial charge in [0, 0.05) is 17.1 Å². The number of amides is 1. The van der Waals surface area contributed by atoms with Crippen molar-refractivity contribution < 1.29 is 27.1 Å². The van der Waals surface area contributed by atoms with Crippen LogP contribution in [0.3, 0.4) is 0 Å². The van der Waals surface area contributed by atoms with Crippen molar-refractivity contribution >= 4 is 22.6 Å². The summed E-state index contributed by atoms with van der Waals surface area (Å²) in [5.74, 6) is -0.333. The van der Waals surface area contributed by atoms with Gasteiger partial charge < -0.3 is 14.5 Å². The molecule has 0 fully saturated rings. The molecule has 146 valence electrons. The lowest BCUT2D eigenvalue weighted by molar-refractivity contribution is -0.137. The van der Waals surface area contributed by atoms with Gasteiger partial charge >= 0.3 is 11.8 Å². The molecule has 0 saturated heterocycles. The molecule has 8 heteroatoms. The first kappa shape index (κ1) is 19.5. The number of rotatable bonds is 5. The third-order valence-electron chi connectivity index (χ3n) is 3.87. The summed E-state index contributed by atoms with van der Waals surface area (Å²) < 4.78 is 49.0. The Labute approximate surface area is 157 Å². The van der Waals surface area contributed by atoms with E-state index in [0.717, 1.165) is 18.6 Å². The van der Waals surface area contributed by atoms with Crippen molar-refractivity contribution in [2.75, 3.05) is 11.9 Å². The summed E-state index contributed by atoms with van der Waals surface area (Å²) in [6.07, 6.45) is -3.73. The minimum Gasteiger partial charge on any atom is -0.493 e. The molecule has 0 aliphatic carbocycles. The molecule has 0 spiro atoms. The molecule has 0 unspecified atom stereocenters. The molecule has 1 aromatic heterocycles. The van der Waals surface area contributed by atoms with Crippen molar-refractivity contribution in [3.63, 3.8) is 0 Å². The second-order valence-corrected chi connectivity index (χ2v) is 6.03. The largest absolute Gasteiger partial charge is 0.493 e. The number of halogens is 3. The van der Waals surface area contributed by atoms with Crippen LogP contribution in [-0.4, -0.2) is 12.5 Å². The van der Waals surface area contributed by atoms with Gasteiger partial charge in [-0.25, -0.2) is 4.79 Å². The Morgan fingerprint density at radius 3 is 2.64 bits per heavy atom. The maximum Gasteiger partial charge on any atom is 0.416 e. The maximum absolute atomic E-state index is 12.8. The lowest BCUT2D eigenvalue weighted by Gasteiger charge is -2.10. The van der Waals surface area contributed by atoms with Gasteiger partial charge in [-0.3, -0.25) is 4.79 Å². The van der Waals surface area contributed by atoms with E-state index in [1.54, 1.807) is 18.2 Å². The number of ether oxygens (including phenoxy) is 1. The van der Waals surface area contributed by atoms with E-state index in [0.29, 0.717) is 17.7 Å². The molecule has 3 aromatic rings. The minimum absolute atomic E-state index is 0.0809. The molecule has 1 N–H and O–H groups in total. The first-order valence-corrected chi connectivity index (χ1v) is 8.47. The van der Waals surface area contributed by atoms with E-state index in [1.807, 2.05) is 6.92 Å². The Bertz CT molecular complexity index is 1070. The summed E-state index contributed by atoms with van der Waals surface area (Å²) in [5, 5.41) is 2.78. The molecular formula is C20H16F3NO4. The van der Waals surface area contributed by atoms with Crippen LogP contribution in [0.1, 0.15) is 29.3 Å². The van der Waals surface area contributed by atoms with Crippen LogP contribution in [0.5, 0.6) is 5.75 Å². The number of fused-ring (bicyclic) bond motifs is 1. The molecule has 0 atom stereocenters. The third kappa shape index (κ3) is 4.33. The quantitative estimate of drug-likeness (QED) is 0.631. The fourth-order valence-electron chi connectivity index (χ4n) is 2.53. The van der Waals surface area contributed by atoms with E-state index in [2.05, 4.69) is 5.32 Å². The molecule has 1 heterocycles. The molecule has 0 bridgehead atoms. The van der Waals surface area contributed by atoms with Gasteiger partial charge in [0.25, 0.3) is 5.91 Å². The molecule has 5 nitrogen and oxygen atoms in total. The second-order valence-electron chi connectivity index (χ2n) is 6.03. The molecule has 0 saturated carbocycles. The number of carbonyl (C=O) groups excluding carboxylic acids is 1. The lowest BCUT2D eigenvalue weighted by Crippen LogP contribution is -2.21. The number of hydrogen-bond donors (Lipinski definition) is 1. The van der Waals surface area contributed by atoms with Crippen molar-refractivity contribution in [3.8, 4) is 5.75 Å². The highest BCUT2D eigenvalue weighted by Gasteiger charge is 2.30. The lowest BCUT2D eigenvalue weighted by atomic mass is 10.1. The number of hydrogen-bond acceptors (Lipinski definition) is 4. The predicted octanol–water partition coefficient (Wildman–Crippen LogP) is 4.85. The van der Waals surface area contributed by atoms with Crippen molar-refractivity contribution in [3.05, 3.63) is 70.1 Å². The summed E-state index contributed by atoms with van der Waals surface area (Å²) in [5.41, 5.74) is -1.95. The smallest absolute Gasteiger partial charge is 0.416 e. The summed E-state index contributed by atoms with van der Waals surface area (Å²) >= 11 is 0. The third-order valence-corrected chi connectivity index (χ3v) is 3.87. The summed E-state index contributed by atoms with van der Waals surface area (Å²) in [7, 11) is 0. The van der Waals surface area contributed by atoms with E-state index < -0.39 is 23.3 Å². The van der Waals surface area contributed by atoms with Crippen molar-refractivity contribution in [1.82, 2.24) is 0 Å². The van der Waals surface area contributed by atoms with Crippen LogP contribution >= 0.6 is 0 Å². The highest BCUT2D eigenvalue weighted by molar-refractivity contribution is 6.05. The number of benzene rings is 2. The van der Waals surface area contributed by atoms with Gasteiger partial charge in [-0.15, -0.1) is 0 Å². The van der Waals surface area contributed by atoms with Crippen LogP contribution in [0.25, 0.3) is 11.0 Å². The van der Waals surface area contributed by atoms with E-state index >= 15 is 0 Å². The normalized spacial score (nSPS) is 11.4. The highest BCUT2D eigenvalue weighted by atomic mass is 19.4. The molecule has 1 amide bonds. The van der Waals surface area contributed by atoms with Crippen LogP contribution in [-0.2, 0) is 6.18 Å². The monoisotopic (exact) mass is 391 g/mol. The minimum atomic E-state index is -4.54. The summed E-state index contributed by atoms with van der Waals surface area (Å²) in [6, 6.07) is 10.3. The van der Waals surface area contributed by atoms with Gasteiger partial charge in [-0.1, -0.05) is 13.0 Å². The van der Waals surface area contributed by atoms with E-state index in [4.69, 9.17) is 9.15 Å². The molecular weight excluding hydrogens is 375 g/mol. The zero-order chi connectivity index (χ0) is 20.3. The number of alkyl halides is 3. The standard InChI is InChI=1S/C20H16F3NO4/c1-2-8-27-15-7-6-12-9-16(19(26)28-17(12)11-15)18(25)24-14-5-3-4-13(10-14)20(21,22)23/h3-7,9-11H,2,8H2,1H3,(H,24,25). The van der Waals surface area contributed by atoms with E-state index in [9.17, 15) is 22.8 Å². The number of nitrogens with one attached hydrogen (secondary N) is 1.